The third-order valence-electron chi connectivity index (χ3n) is 4.82. The van der Waals surface area contributed by atoms with E-state index in [0.29, 0.717) is 10.9 Å². The molecule has 10 heteroatoms. The maximum atomic E-state index is 14.3. The highest BCUT2D eigenvalue weighted by atomic mass is 19.4. The number of hydrogen-bond acceptors (Lipinski definition) is 4. The fraction of sp³-hybridized carbons (Fsp3) is 0.100. The Hall–Kier alpha value is -3.82. The van der Waals surface area contributed by atoms with Gasteiger partial charge in [0.15, 0.2) is 17.0 Å². The molecule has 30 heavy (non-hydrogen) atoms. The zero-order chi connectivity index (χ0) is 21.2. The molecule has 0 aliphatic heterocycles. The van der Waals surface area contributed by atoms with E-state index in [-0.39, 0.29) is 27.6 Å². The first kappa shape index (κ1) is 18.2. The summed E-state index contributed by atoms with van der Waals surface area (Å²) in [5.74, 6) is -1.52. The van der Waals surface area contributed by atoms with E-state index in [0.717, 1.165) is 10.6 Å². The van der Waals surface area contributed by atoms with Gasteiger partial charge in [-0.2, -0.15) is 18.3 Å². The number of halogens is 4. The molecule has 0 fully saturated rings. The summed E-state index contributed by atoms with van der Waals surface area (Å²) in [5.41, 5.74) is -1.87. The molecule has 0 amide bonds. The summed E-state index contributed by atoms with van der Waals surface area (Å²) in [7, 11) is 1.56. The van der Waals surface area contributed by atoms with Gasteiger partial charge in [-0.1, -0.05) is 6.07 Å². The van der Waals surface area contributed by atoms with Crippen LogP contribution in [0.2, 0.25) is 0 Å². The lowest BCUT2D eigenvalue weighted by Crippen LogP contribution is -2.22. The quantitative estimate of drug-likeness (QED) is 0.390. The Bertz CT molecular complexity index is 1530. The van der Waals surface area contributed by atoms with Gasteiger partial charge in [-0.05, 0) is 30.3 Å². The van der Waals surface area contributed by atoms with Crippen LogP contribution in [0.15, 0.2) is 53.6 Å². The fourth-order valence-corrected chi connectivity index (χ4v) is 3.60. The van der Waals surface area contributed by atoms with Gasteiger partial charge in [0.05, 0.1) is 11.2 Å². The van der Waals surface area contributed by atoms with Crippen molar-refractivity contribution in [1.82, 2.24) is 24.3 Å². The first-order chi connectivity index (χ1) is 14.3. The minimum absolute atomic E-state index is 0.00754. The van der Waals surface area contributed by atoms with Crippen molar-refractivity contribution >= 4 is 32.8 Å². The molecule has 0 atom stereocenters. The van der Waals surface area contributed by atoms with Crippen LogP contribution in [0.4, 0.5) is 17.6 Å². The number of fused-ring (bicyclic) bond motifs is 4. The Balaban J connectivity index is 2.04. The van der Waals surface area contributed by atoms with Crippen LogP contribution in [-0.4, -0.2) is 24.3 Å². The van der Waals surface area contributed by atoms with Gasteiger partial charge in [-0.3, -0.25) is 19.0 Å². The number of aryl methyl sites for hydroxylation is 1. The molecule has 0 saturated heterocycles. The van der Waals surface area contributed by atoms with Crippen molar-refractivity contribution in [2.45, 2.75) is 6.18 Å². The number of nitrogens with zero attached hydrogens (tertiary/aromatic N) is 5. The molecule has 0 unspecified atom stereocenters. The molecule has 4 aromatic heterocycles. The molecule has 0 aliphatic rings. The number of rotatable bonds is 1. The van der Waals surface area contributed by atoms with Gasteiger partial charge in [-0.15, -0.1) is 0 Å². The lowest BCUT2D eigenvalue weighted by atomic mass is 10.1. The van der Waals surface area contributed by atoms with Crippen LogP contribution in [0, 0.1) is 5.82 Å². The van der Waals surface area contributed by atoms with Gasteiger partial charge in [0.25, 0.3) is 5.56 Å². The number of hydrogen-bond donors (Lipinski definition) is 0. The normalized spacial score (nSPS) is 12.3. The van der Waals surface area contributed by atoms with E-state index in [2.05, 4.69) is 15.1 Å². The van der Waals surface area contributed by atoms with Gasteiger partial charge in [0, 0.05) is 35.6 Å². The molecule has 0 saturated carbocycles. The first-order valence-electron chi connectivity index (χ1n) is 8.75. The second-order valence-corrected chi connectivity index (χ2v) is 6.74. The van der Waals surface area contributed by atoms with E-state index in [1.165, 1.54) is 10.9 Å². The third kappa shape index (κ3) is 2.56. The lowest BCUT2D eigenvalue weighted by molar-refractivity contribution is -0.143. The molecule has 1 aromatic carbocycles. The molecule has 6 nitrogen and oxygen atoms in total. The molecule has 0 N–H and O–H groups in total. The Morgan fingerprint density at radius 1 is 1.03 bits per heavy atom. The predicted molar refractivity (Wildman–Crippen MR) is 102 cm³/mol. The van der Waals surface area contributed by atoms with Crippen molar-refractivity contribution in [3.63, 3.8) is 0 Å². The summed E-state index contributed by atoms with van der Waals surface area (Å²) in [6, 6.07) is 8.98. The van der Waals surface area contributed by atoms with Gasteiger partial charge in [-0.25, -0.2) is 9.37 Å². The average Bonchev–Trinajstić information content (AvgIpc) is 3.10. The zero-order valence-electron chi connectivity index (χ0n) is 15.3. The zero-order valence-corrected chi connectivity index (χ0v) is 15.3. The van der Waals surface area contributed by atoms with E-state index in [1.54, 1.807) is 43.6 Å². The van der Waals surface area contributed by atoms with Crippen LogP contribution in [-0.2, 0) is 13.2 Å². The van der Waals surface area contributed by atoms with Crippen LogP contribution in [0.1, 0.15) is 5.69 Å². The lowest BCUT2D eigenvalue weighted by Gasteiger charge is -2.15. The fourth-order valence-electron chi connectivity index (χ4n) is 3.60. The van der Waals surface area contributed by atoms with Crippen LogP contribution < -0.4 is 5.56 Å². The minimum Gasteiger partial charge on any atom is -0.274 e. The van der Waals surface area contributed by atoms with Crippen LogP contribution in [0.5, 0.6) is 0 Å². The Labute approximate surface area is 165 Å². The summed E-state index contributed by atoms with van der Waals surface area (Å²) >= 11 is 0. The van der Waals surface area contributed by atoms with Gasteiger partial charge < -0.3 is 0 Å². The predicted octanol–water partition coefficient (Wildman–Crippen LogP) is 3.98. The SMILES string of the molecule is Cn1cc2c(n1)c(=O)n(-c1cccc3ncccc13)c1nc(C(F)(F)F)c(F)cc21. The summed E-state index contributed by atoms with van der Waals surface area (Å²) < 4.78 is 56.8. The number of benzene rings is 1. The highest BCUT2D eigenvalue weighted by Crippen LogP contribution is 2.34. The second-order valence-electron chi connectivity index (χ2n) is 6.74. The van der Waals surface area contributed by atoms with E-state index < -0.39 is 23.2 Å². The van der Waals surface area contributed by atoms with E-state index in [9.17, 15) is 22.4 Å². The van der Waals surface area contributed by atoms with Crippen molar-refractivity contribution in [3.8, 4) is 5.69 Å². The smallest absolute Gasteiger partial charge is 0.274 e. The topological polar surface area (TPSA) is 65.6 Å². The Morgan fingerprint density at radius 3 is 2.60 bits per heavy atom. The van der Waals surface area contributed by atoms with Gasteiger partial charge in [0.1, 0.15) is 5.65 Å². The van der Waals surface area contributed by atoms with Crippen molar-refractivity contribution in [1.29, 1.82) is 0 Å². The molecule has 0 radical (unpaired) electrons. The monoisotopic (exact) mass is 413 g/mol. The molecule has 5 rings (SSSR count). The maximum absolute atomic E-state index is 14.3. The average molecular weight is 413 g/mol. The van der Waals surface area contributed by atoms with E-state index >= 15 is 0 Å². The standard InChI is InChI=1S/C20H11F4N5O/c1-28-9-12-11-8-13(21)17(20(22,23)24)26-18(11)29(19(30)16(12)27-28)15-6-2-5-14-10(15)4-3-7-25-14/h2-9H,1H3. The van der Waals surface area contributed by atoms with E-state index in [4.69, 9.17) is 0 Å². The molecule has 0 aliphatic carbocycles. The van der Waals surface area contributed by atoms with Crippen molar-refractivity contribution < 1.29 is 17.6 Å². The minimum atomic E-state index is -5.02. The molecular weight excluding hydrogens is 402 g/mol. The molecule has 5 aromatic rings. The Kier molecular flexibility index (Phi) is 3.70. The summed E-state index contributed by atoms with van der Waals surface area (Å²) in [6.07, 6.45) is -2.02. The third-order valence-corrected chi connectivity index (χ3v) is 4.82. The summed E-state index contributed by atoms with van der Waals surface area (Å²) in [4.78, 5) is 21.1. The van der Waals surface area contributed by atoms with Crippen molar-refractivity contribution in [3.05, 3.63) is 70.7 Å². The second kappa shape index (κ2) is 6.09. The summed E-state index contributed by atoms with van der Waals surface area (Å²) in [6.45, 7) is 0. The van der Waals surface area contributed by atoms with Crippen molar-refractivity contribution in [2.75, 3.05) is 0 Å². The Morgan fingerprint density at radius 2 is 1.83 bits per heavy atom. The van der Waals surface area contributed by atoms with Gasteiger partial charge in [0.2, 0.25) is 0 Å². The van der Waals surface area contributed by atoms with Crippen LogP contribution in [0.25, 0.3) is 38.5 Å². The van der Waals surface area contributed by atoms with Crippen molar-refractivity contribution in [2.24, 2.45) is 7.05 Å². The highest BCUT2D eigenvalue weighted by Gasteiger charge is 2.37. The molecule has 150 valence electrons. The van der Waals surface area contributed by atoms with Crippen LogP contribution >= 0.6 is 0 Å². The number of aromatic nitrogens is 5. The van der Waals surface area contributed by atoms with Crippen LogP contribution in [0.3, 0.4) is 0 Å². The maximum Gasteiger partial charge on any atom is 0.436 e. The molecule has 0 bridgehead atoms. The highest BCUT2D eigenvalue weighted by molar-refractivity contribution is 6.04. The first-order valence-corrected chi connectivity index (χ1v) is 8.75. The number of alkyl halides is 3. The largest absolute Gasteiger partial charge is 0.436 e. The molecular formula is C20H11F4N5O. The van der Waals surface area contributed by atoms with Gasteiger partial charge >= 0.3 is 6.18 Å². The molecule has 4 heterocycles. The van der Waals surface area contributed by atoms with E-state index in [1.807, 2.05) is 0 Å². The summed E-state index contributed by atoms with van der Waals surface area (Å²) in [5, 5.41) is 4.91. The number of pyridine rings is 3. The molecule has 0 spiro atoms.